The molecule has 0 saturated carbocycles. The number of rotatable bonds is 7. The lowest BCUT2D eigenvalue weighted by molar-refractivity contribution is -0.116. The largest absolute Gasteiger partial charge is 0.489 e. The molecule has 0 bridgehead atoms. The number of amides is 1. The van der Waals surface area contributed by atoms with Crippen molar-refractivity contribution in [2.45, 2.75) is 13.2 Å². The summed E-state index contributed by atoms with van der Waals surface area (Å²) in [6.45, 7) is 0.466. The van der Waals surface area contributed by atoms with Gasteiger partial charge in [-0.2, -0.15) is 0 Å². The van der Waals surface area contributed by atoms with Gasteiger partial charge < -0.3 is 23.9 Å². The van der Waals surface area contributed by atoms with E-state index in [0.717, 1.165) is 16.6 Å². The van der Waals surface area contributed by atoms with Crippen molar-refractivity contribution in [2.24, 2.45) is 7.05 Å². The van der Waals surface area contributed by atoms with Gasteiger partial charge in [-0.1, -0.05) is 30.3 Å². The van der Waals surface area contributed by atoms with E-state index in [9.17, 15) is 9.59 Å². The van der Waals surface area contributed by atoms with Crippen LogP contribution in [0.1, 0.15) is 16.1 Å². The Kier molecular flexibility index (Phi) is 5.75. The smallest absolute Gasteiger partial charge is 0.354 e. The number of anilines is 1. The highest BCUT2D eigenvalue weighted by atomic mass is 16.5. The summed E-state index contributed by atoms with van der Waals surface area (Å²) in [7, 11) is 3.21. The van der Waals surface area contributed by atoms with E-state index in [1.54, 1.807) is 22.8 Å². The number of benzene rings is 2. The molecule has 7 nitrogen and oxygen atoms in total. The number of aryl methyl sites for hydroxylation is 1. The molecule has 0 saturated heterocycles. The van der Waals surface area contributed by atoms with Crippen LogP contribution in [0.15, 0.2) is 72.9 Å². The van der Waals surface area contributed by atoms with E-state index in [1.165, 1.54) is 7.11 Å². The van der Waals surface area contributed by atoms with Crippen LogP contribution in [0, 0.1) is 0 Å². The maximum atomic E-state index is 12.7. The van der Waals surface area contributed by atoms with E-state index in [-0.39, 0.29) is 12.5 Å². The van der Waals surface area contributed by atoms with Crippen LogP contribution in [0.4, 0.5) is 5.69 Å². The molecular weight excluding hydrogens is 394 g/mol. The van der Waals surface area contributed by atoms with Crippen molar-refractivity contribution in [1.82, 2.24) is 9.13 Å². The first-order valence-electron chi connectivity index (χ1n) is 9.84. The van der Waals surface area contributed by atoms with Crippen LogP contribution >= 0.6 is 0 Å². The highest BCUT2D eigenvalue weighted by molar-refractivity contribution is 5.97. The Balaban J connectivity index is 1.42. The minimum atomic E-state index is -0.482. The highest BCUT2D eigenvalue weighted by Crippen LogP contribution is 2.22. The fourth-order valence-corrected chi connectivity index (χ4v) is 3.43. The second kappa shape index (κ2) is 8.79. The van der Waals surface area contributed by atoms with Crippen LogP contribution in [0.3, 0.4) is 0 Å². The van der Waals surface area contributed by atoms with Gasteiger partial charge in [-0.25, -0.2) is 4.79 Å². The van der Waals surface area contributed by atoms with Gasteiger partial charge in [-0.15, -0.1) is 0 Å². The molecule has 1 amide bonds. The molecule has 0 radical (unpaired) electrons. The Bertz CT molecular complexity index is 1210. The lowest BCUT2D eigenvalue weighted by Gasteiger charge is -2.11. The van der Waals surface area contributed by atoms with Crippen molar-refractivity contribution in [3.05, 3.63) is 84.2 Å². The van der Waals surface area contributed by atoms with Gasteiger partial charge >= 0.3 is 5.97 Å². The number of aromatic nitrogens is 2. The molecule has 0 atom stereocenters. The number of fused-ring (bicyclic) bond motifs is 1. The van der Waals surface area contributed by atoms with Crippen molar-refractivity contribution in [3.63, 3.8) is 0 Å². The summed E-state index contributed by atoms with van der Waals surface area (Å²) in [6.07, 6.45) is 1.88. The Hall–Kier alpha value is -4.00. The third kappa shape index (κ3) is 4.45. The molecule has 0 spiro atoms. The van der Waals surface area contributed by atoms with Crippen molar-refractivity contribution in [2.75, 3.05) is 12.4 Å². The summed E-state index contributed by atoms with van der Waals surface area (Å²) in [6, 6.07) is 20.7. The van der Waals surface area contributed by atoms with Gasteiger partial charge in [0.1, 0.15) is 24.6 Å². The predicted octanol–water partition coefficient (Wildman–Crippen LogP) is 3.98. The number of esters is 1. The van der Waals surface area contributed by atoms with E-state index in [2.05, 4.69) is 5.32 Å². The summed E-state index contributed by atoms with van der Waals surface area (Å²) in [5, 5.41) is 2.86. The van der Waals surface area contributed by atoms with Gasteiger partial charge in [0.25, 0.3) is 0 Å². The first-order valence-corrected chi connectivity index (χ1v) is 9.84. The van der Waals surface area contributed by atoms with Gasteiger partial charge in [0, 0.05) is 18.9 Å². The second-order valence-corrected chi connectivity index (χ2v) is 7.15. The molecule has 158 valence electrons. The van der Waals surface area contributed by atoms with Crippen molar-refractivity contribution < 1.29 is 19.1 Å². The zero-order valence-corrected chi connectivity index (χ0v) is 17.4. The van der Waals surface area contributed by atoms with E-state index in [4.69, 9.17) is 9.47 Å². The highest BCUT2D eigenvalue weighted by Gasteiger charge is 2.19. The topological polar surface area (TPSA) is 74.5 Å². The number of hydrogen-bond acceptors (Lipinski definition) is 4. The average molecular weight is 417 g/mol. The minimum absolute atomic E-state index is 0.00972. The average Bonchev–Trinajstić information content (AvgIpc) is 3.33. The van der Waals surface area contributed by atoms with Crippen LogP contribution in [-0.4, -0.2) is 28.1 Å². The molecule has 0 unspecified atom stereocenters. The van der Waals surface area contributed by atoms with E-state index in [1.807, 2.05) is 66.3 Å². The first kappa shape index (κ1) is 20.3. The second-order valence-electron chi connectivity index (χ2n) is 7.15. The van der Waals surface area contributed by atoms with Crippen LogP contribution in [0.25, 0.3) is 11.0 Å². The van der Waals surface area contributed by atoms with Crippen LogP contribution in [0.2, 0.25) is 0 Å². The summed E-state index contributed by atoms with van der Waals surface area (Å²) >= 11 is 0. The number of carbonyl (C=O) groups is 2. The van der Waals surface area contributed by atoms with E-state index >= 15 is 0 Å². The van der Waals surface area contributed by atoms with Gasteiger partial charge in [-0.3, -0.25) is 4.79 Å². The molecule has 0 aliphatic rings. The Morgan fingerprint density at radius 1 is 0.968 bits per heavy atom. The van der Waals surface area contributed by atoms with Gasteiger partial charge in [-0.05, 0) is 42.0 Å². The number of ether oxygens (including phenoxy) is 2. The molecule has 2 aromatic carbocycles. The number of nitrogens with one attached hydrogen (secondary N) is 1. The maximum absolute atomic E-state index is 12.7. The molecule has 0 aliphatic carbocycles. The molecule has 4 rings (SSSR count). The van der Waals surface area contributed by atoms with Crippen LogP contribution < -0.4 is 10.1 Å². The Morgan fingerprint density at radius 3 is 2.42 bits per heavy atom. The van der Waals surface area contributed by atoms with Crippen LogP contribution in [0.5, 0.6) is 5.75 Å². The molecule has 2 aromatic heterocycles. The molecule has 7 heteroatoms. The molecule has 0 fully saturated rings. The monoisotopic (exact) mass is 417 g/mol. The molecule has 4 aromatic rings. The number of hydrogen-bond donors (Lipinski definition) is 1. The lowest BCUT2D eigenvalue weighted by atomic mass is 10.2. The van der Waals surface area contributed by atoms with E-state index < -0.39 is 5.97 Å². The van der Waals surface area contributed by atoms with Crippen molar-refractivity contribution in [3.8, 4) is 5.75 Å². The Labute approximate surface area is 179 Å². The van der Waals surface area contributed by atoms with Crippen molar-refractivity contribution in [1.29, 1.82) is 0 Å². The fourth-order valence-electron chi connectivity index (χ4n) is 3.43. The molecule has 0 aliphatic heterocycles. The summed E-state index contributed by atoms with van der Waals surface area (Å²) in [5.74, 6) is -0.0142. The lowest BCUT2D eigenvalue weighted by Crippen LogP contribution is -2.21. The summed E-state index contributed by atoms with van der Waals surface area (Å²) in [4.78, 5) is 24.8. The third-order valence-electron chi connectivity index (χ3n) is 5.04. The molecule has 31 heavy (non-hydrogen) atoms. The zero-order chi connectivity index (χ0) is 21.8. The number of nitrogens with zero attached hydrogens (tertiary/aromatic N) is 2. The van der Waals surface area contributed by atoms with Gasteiger partial charge in [0.15, 0.2) is 0 Å². The predicted molar refractivity (Wildman–Crippen MR) is 118 cm³/mol. The molecule has 2 heterocycles. The first-order chi connectivity index (χ1) is 15.0. The molecule has 1 N–H and O–H groups in total. The van der Waals surface area contributed by atoms with Gasteiger partial charge in [0.2, 0.25) is 5.91 Å². The summed E-state index contributed by atoms with van der Waals surface area (Å²) < 4.78 is 14.2. The molecular formula is C24H23N3O4. The third-order valence-corrected chi connectivity index (χ3v) is 5.04. The summed E-state index contributed by atoms with van der Waals surface area (Å²) in [5.41, 5.74) is 3.72. The quantitative estimate of drug-likeness (QED) is 0.462. The van der Waals surface area contributed by atoms with Crippen molar-refractivity contribution >= 4 is 28.6 Å². The number of methoxy groups -OCH3 is 1. The standard InChI is InChI=1S/C24H23N3O4/c1-26-13-12-20-21(26)14-22(24(29)30-2)27(20)15-23(28)25-18-8-10-19(11-9-18)31-16-17-6-4-3-5-7-17/h3-14H,15-16H2,1-2H3,(H,25,28). The van der Waals surface area contributed by atoms with E-state index in [0.29, 0.717) is 23.7 Å². The van der Waals surface area contributed by atoms with Crippen LogP contribution in [-0.2, 0) is 29.7 Å². The minimum Gasteiger partial charge on any atom is -0.489 e. The Morgan fingerprint density at radius 2 is 1.71 bits per heavy atom. The maximum Gasteiger partial charge on any atom is 0.354 e. The zero-order valence-electron chi connectivity index (χ0n) is 17.4. The SMILES string of the molecule is COC(=O)c1cc2c(ccn2C)n1CC(=O)Nc1ccc(OCc2ccccc2)cc1. The fraction of sp³-hybridized carbons (Fsp3) is 0.167. The number of carbonyl (C=O) groups excluding carboxylic acids is 2. The normalized spacial score (nSPS) is 10.8. The van der Waals surface area contributed by atoms with Gasteiger partial charge in [0.05, 0.1) is 18.1 Å².